The van der Waals surface area contributed by atoms with Gasteiger partial charge in [-0.05, 0) is 31.4 Å². The summed E-state index contributed by atoms with van der Waals surface area (Å²) in [6.45, 7) is 0. The summed E-state index contributed by atoms with van der Waals surface area (Å²) in [5.74, 6) is 0. The first-order valence-electron chi connectivity index (χ1n) is 5.63. The molecule has 0 spiro atoms. The topological polar surface area (TPSA) is 64.3 Å². The number of carbonyl (C=O) groups excluding carboxylic acids is 1. The van der Waals surface area contributed by atoms with E-state index >= 15 is 0 Å². The summed E-state index contributed by atoms with van der Waals surface area (Å²) in [5.41, 5.74) is 6.30. The Hall–Kier alpha value is -1.26. The smallest absolute Gasteiger partial charge is 0.411 e. The van der Waals surface area contributed by atoms with Crippen LogP contribution in [-0.4, -0.2) is 18.2 Å². The van der Waals surface area contributed by atoms with E-state index in [9.17, 15) is 4.79 Å². The fourth-order valence-electron chi connectivity index (χ4n) is 1.93. The Morgan fingerprint density at radius 3 is 2.82 bits per heavy atom. The number of benzene rings is 1. The second-order valence-corrected chi connectivity index (χ2v) is 4.61. The van der Waals surface area contributed by atoms with Crippen LogP contribution in [0.2, 0.25) is 5.02 Å². The maximum absolute atomic E-state index is 11.6. The Morgan fingerprint density at radius 1 is 1.41 bits per heavy atom. The minimum absolute atomic E-state index is 0.0764. The minimum atomic E-state index is -0.475. The number of nitrogens with one attached hydrogen (secondary N) is 1. The molecule has 3 N–H and O–H groups in total. The van der Waals surface area contributed by atoms with Crippen molar-refractivity contribution in [1.29, 1.82) is 0 Å². The summed E-state index contributed by atoms with van der Waals surface area (Å²) in [6.07, 6.45) is 1.92. The molecule has 0 saturated heterocycles. The van der Waals surface area contributed by atoms with Gasteiger partial charge in [-0.2, -0.15) is 0 Å². The Labute approximate surface area is 105 Å². The van der Waals surface area contributed by atoms with Gasteiger partial charge >= 0.3 is 6.09 Å². The summed E-state index contributed by atoms with van der Waals surface area (Å²) in [6, 6.07) is 7.18. The zero-order chi connectivity index (χ0) is 12.3. The largest absolute Gasteiger partial charge is 0.446 e. The second-order valence-electron chi connectivity index (χ2n) is 4.21. The van der Waals surface area contributed by atoms with Crippen LogP contribution in [-0.2, 0) is 4.74 Å². The molecular formula is C12H15ClN2O2. The molecule has 0 radical (unpaired) electrons. The number of ether oxygens (including phenoxy) is 1. The first-order valence-corrected chi connectivity index (χ1v) is 6.00. The summed E-state index contributed by atoms with van der Waals surface area (Å²) >= 11 is 5.92. The number of amides is 1. The third kappa shape index (κ3) is 3.35. The van der Waals surface area contributed by atoms with Crippen LogP contribution in [0.25, 0.3) is 0 Å². The van der Waals surface area contributed by atoms with Gasteiger partial charge in [0.2, 0.25) is 0 Å². The van der Waals surface area contributed by atoms with Crippen molar-refractivity contribution in [3.63, 3.8) is 0 Å². The van der Waals surface area contributed by atoms with Crippen LogP contribution in [0, 0.1) is 0 Å². The average molecular weight is 255 g/mol. The molecule has 2 rings (SSSR count). The van der Waals surface area contributed by atoms with Gasteiger partial charge in [0.15, 0.2) is 0 Å². The molecule has 17 heavy (non-hydrogen) atoms. The van der Waals surface area contributed by atoms with Gasteiger partial charge in [-0.1, -0.05) is 23.7 Å². The predicted octanol–water partition coefficient (Wildman–Crippen LogP) is 2.77. The van der Waals surface area contributed by atoms with Crippen molar-refractivity contribution in [2.24, 2.45) is 5.73 Å². The number of rotatable bonds is 2. The SMILES string of the molecule is NC1CCC(OC(=O)Nc2ccccc2Cl)C1. The Morgan fingerprint density at radius 2 is 2.18 bits per heavy atom. The molecule has 1 aromatic rings. The molecule has 0 aromatic heterocycles. The van der Waals surface area contributed by atoms with Crippen molar-refractivity contribution >= 4 is 23.4 Å². The molecule has 4 nitrogen and oxygen atoms in total. The lowest BCUT2D eigenvalue weighted by Gasteiger charge is -2.13. The third-order valence-electron chi connectivity index (χ3n) is 2.81. The molecule has 1 aliphatic rings. The third-order valence-corrected chi connectivity index (χ3v) is 3.14. The number of para-hydroxylation sites is 1. The van der Waals surface area contributed by atoms with Crippen LogP contribution in [0.15, 0.2) is 24.3 Å². The lowest BCUT2D eigenvalue weighted by atomic mass is 10.3. The van der Waals surface area contributed by atoms with Gasteiger partial charge < -0.3 is 10.5 Å². The first kappa shape index (κ1) is 12.2. The minimum Gasteiger partial charge on any atom is -0.446 e. The molecule has 0 heterocycles. The van der Waals surface area contributed by atoms with Crippen LogP contribution in [0.4, 0.5) is 10.5 Å². The number of halogens is 1. The lowest BCUT2D eigenvalue weighted by Crippen LogP contribution is -2.22. The van der Waals surface area contributed by atoms with Crippen molar-refractivity contribution in [2.45, 2.75) is 31.4 Å². The van der Waals surface area contributed by atoms with Crippen LogP contribution < -0.4 is 11.1 Å². The highest BCUT2D eigenvalue weighted by molar-refractivity contribution is 6.33. The standard InChI is InChI=1S/C12H15ClN2O2/c13-10-3-1-2-4-11(10)15-12(16)17-9-6-5-8(14)7-9/h1-4,8-9H,5-7,14H2,(H,15,16). The Balaban J connectivity index is 1.87. The summed E-state index contributed by atoms with van der Waals surface area (Å²) in [7, 11) is 0. The molecule has 1 saturated carbocycles. The van der Waals surface area contributed by atoms with Gasteiger partial charge in [0.1, 0.15) is 6.10 Å². The lowest BCUT2D eigenvalue weighted by molar-refractivity contribution is 0.114. The molecule has 1 aliphatic carbocycles. The van der Waals surface area contributed by atoms with E-state index in [1.165, 1.54) is 0 Å². The first-order chi connectivity index (χ1) is 8.15. The predicted molar refractivity (Wildman–Crippen MR) is 67.2 cm³/mol. The summed E-state index contributed by atoms with van der Waals surface area (Å²) in [4.78, 5) is 11.6. The quantitative estimate of drug-likeness (QED) is 0.853. The molecule has 2 unspecified atom stereocenters. The van der Waals surface area contributed by atoms with Gasteiger partial charge in [-0.3, -0.25) is 5.32 Å². The van der Waals surface area contributed by atoms with Crippen LogP contribution >= 0.6 is 11.6 Å². The number of anilines is 1. The Bertz CT molecular complexity index is 411. The zero-order valence-electron chi connectivity index (χ0n) is 9.36. The number of hydrogen-bond donors (Lipinski definition) is 2. The zero-order valence-corrected chi connectivity index (χ0v) is 10.1. The molecule has 2 atom stereocenters. The van der Waals surface area contributed by atoms with E-state index in [4.69, 9.17) is 22.1 Å². The maximum Gasteiger partial charge on any atom is 0.411 e. The molecule has 0 bridgehead atoms. The number of carbonyl (C=O) groups is 1. The van der Waals surface area contributed by atoms with Gasteiger partial charge in [0.05, 0.1) is 10.7 Å². The number of hydrogen-bond acceptors (Lipinski definition) is 3. The average Bonchev–Trinajstić information content (AvgIpc) is 2.67. The molecule has 92 valence electrons. The van der Waals surface area contributed by atoms with Gasteiger partial charge in [-0.25, -0.2) is 4.79 Å². The van der Waals surface area contributed by atoms with E-state index in [-0.39, 0.29) is 12.1 Å². The van der Waals surface area contributed by atoms with Crippen LogP contribution in [0.1, 0.15) is 19.3 Å². The number of nitrogens with two attached hydrogens (primary N) is 1. The van der Waals surface area contributed by atoms with Crippen molar-refractivity contribution in [1.82, 2.24) is 0 Å². The van der Waals surface area contributed by atoms with Crippen molar-refractivity contribution in [3.8, 4) is 0 Å². The van der Waals surface area contributed by atoms with Gasteiger partial charge in [0, 0.05) is 6.04 Å². The molecule has 0 aliphatic heterocycles. The van der Waals surface area contributed by atoms with Gasteiger partial charge in [-0.15, -0.1) is 0 Å². The van der Waals surface area contributed by atoms with E-state index in [0.717, 1.165) is 19.3 Å². The van der Waals surface area contributed by atoms with Gasteiger partial charge in [0.25, 0.3) is 0 Å². The van der Waals surface area contributed by atoms with E-state index in [0.29, 0.717) is 10.7 Å². The molecule has 1 aromatic carbocycles. The molecule has 5 heteroatoms. The van der Waals surface area contributed by atoms with E-state index < -0.39 is 6.09 Å². The van der Waals surface area contributed by atoms with Crippen LogP contribution in [0.5, 0.6) is 0 Å². The monoisotopic (exact) mass is 254 g/mol. The fourth-order valence-corrected chi connectivity index (χ4v) is 2.12. The summed E-state index contributed by atoms with van der Waals surface area (Å²) < 4.78 is 5.25. The van der Waals surface area contributed by atoms with Crippen LogP contribution in [0.3, 0.4) is 0 Å². The van der Waals surface area contributed by atoms with E-state index in [1.807, 2.05) is 0 Å². The van der Waals surface area contributed by atoms with E-state index in [1.54, 1.807) is 24.3 Å². The highest BCUT2D eigenvalue weighted by atomic mass is 35.5. The fraction of sp³-hybridized carbons (Fsp3) is 0.417. The molecular weight excluding hydrogens is 240 g/mol. The summed E-state index contributed by atoms with van der Waals surface area (Å²) in [5, 5.41) is 3.11. The second kappa shape index (κ2) is 5.38. The van der Waals surface area contributed by atoms with Crippen molar-refractivity contribution < 1.29 is 9.53 Å². The van der Waals surface area contributed by atoms with Crippen molar-refractivity contribution in [2.75, 3.05) is 5.32 Å². The molecule has 1 fully saturated rings. The Kier molecular flexibility index (Phi) is 3.86. The highest BCUT2D eigenvalue weighted by Gasteiger charge is 2.25. The van der Waals surface area contributed by atoms with E-state index in [2.05, 4.69) is 5.32 Å². The van der Waals surface area contributed by atoms with Crippen molar-refractivity contribution in [3.05, 3.63) is 29.3 Å². The normalized spacial score (nSPS) is 23.4. The maximum atomic E-state index is 11.6. The molecule has 1 amide bonds. The highest BCUT2D eigenvalue weighted by Crippen LogP contribution is 2.23.